The van der Waals surface area contributed by atoms with E-state index in [0.717, 1.165) is 12.8 Å². The highest BCUT2D eigenvalue weighted by Crippen LogP contribution is 2.50. The van der Waals surface area contributed by atoms with Crippen LogP contribution < -0.4 is 0 Å². The summed E-state index contributed by atoms with van der Waals surface area (Å²) in [5.74, 6) is 0.461. The van der Waals surface area contributed by atoms with Gasteiger partial charge in [-0.25, -0.2) is 0 Å². The SMILES string of the molecule is CC(C)OC1CC(=O)C12CCCCC2. The first-order chi connectivity index (χ1) is 6.65. The molecule has 0 N–H and O–H groups in total. The maximum Gasteiger partial charge on any atom is 0.144 e. The predicted molar refractivity (Wildman–Crippen MR) is 55.2 cm³/mol. The van der Waals surface area contributed by atoms with Crippen LogP contribution in [0.4, 0.5) is 0 Å². The van der Waals surface area contributed by atoms with Gasteiger partial charge >= 0.3 is 0 Å². The molecule has 2 nitrogen and oxygen atoms in total. The first kappa shape index (κ1) is 10.2. The van der Waals surface area contributed by atoms with Crippen LogP contribution >= 0.6 is 0 Å². The van der Waals surface area contributed by atoms with Crippen LogP contribution in [0.25, 0.3) is 0 Å². The molecule has 1 unspecified atom stereocenters. The van der Waals surface area contributed by atoms with E-state index >= 15 is 0 Å². The van der Waals surface area contributed by atoms with E-state index in [4.69, 9.17) is 4.74 Å². The Bertz CT molecular complexity index is 226. The van der Waals surface area contributed by atoms with Crippen molar-refractivity contribution in [2.45, 2.75) is 64.6 Å². The minimum absolute atomic E-state index is 0.0531. The topological polar surface area (TPSA) is 26.3 Å². The Balaban J connectivity index is 2.02. The van der Waals surface area contributed by atoms with E-state index in [2.05, 4.69) is 13.8 Å². The Kier molecular flexibility index (Phi) is 2.65. The van der Waals surface area contributed by atoms with E-state index in [-0.39, 0.29) is 17.6 Å². The van der Waals surface area contributed by atoms with Gasteiger partial charge in [0.25, 0.3) is 0 Å². The average Bonchev–Trinajstić information content (AvgIpc) is 2.18. The molecule has 2 aliphatic rings. The zero-order valence-electron chi connectivity index (χ0n) is 9.21. The van der Waals surface area contributed by atoms with Crippen molar-refractivity contribution in [3.05, 3.63) is 0 Å². The molecular weight excluding hydrogens is 176 g/mol. The van der Waals surface area contributed by atoms with Gasteiger partial charge in [-0.1, -0.05) is 19.3 Å². The predicted octanol–water partition coefficient (Wildman–Crippen LogP) is 2.70. The number of carbonyl (C=O) groups excluding carboxylic acids is 1. The van der Waals surface area contributed by atoms with E-state index < -0.39 is 0 Å². The Labute approximate surface area is 86.0 Å². The molecule has 0 aromatic carbocycles. The van der Waals surface area contributed by atoms with Crippen molar-refractivity contribution in [2.24, 2.45) is 5.41 Å². The molecule has 2 fully saturated rings. The number of rotatable bonds is 2. The summed E-state index contributed by atoms with van der Waals surface area (Å²) in [4.78, 5) is 11.7. The molecule has 1 atom stereocenters. The monoisotopic (exact) mass is 196 g/mol. The van der Waals surface area contributed by atoms with Gasteiger partial charge in [0.2, 0.25) is 0 Å². The highest BCUT2D eigenvalue weighted by atomic mass is 16.5. The zero-order chi connectivity index (χ0) is 10.2. The minimum Gasteiger partial charge on any atom is -0.374 e. The van der Waals surface area contributed by atoms with Gasteiger partial charge in [-0.2, -0.15) is 0 Å². The molecule has 0 aromatic rings. The van der Waals surface area contributed by atoms with Crippen molar-refractivity contribution >= 4 is 5.78 Å². The first-order valence-electron chi connectivity index (χ1n) is 5.84. The minimum atomic E-state index is -0.0531. The largest absolute Gasteiger partial charge is 0.374 e. The molecule has 0 heterocycles. The van der Waals surface area contributed by atoms with Gasteiger partial charge in [-0.05, 0) is 26.7 Å². The van der Waals surface area contributed by atoms with Crippen molar-refractivity contribution in [1.29, 1.82) is 0 Å². The van der Waals surface area contributed by atoms with Gasteiger partial charge in [0.15, 0.2) is 0 Å². The molecule has 2 aliphatic carbocycles. The van der Waals surface area contributed by atoms with Crippen molar-refractivity contribution < 1.29 is 9.53 Å². The third-order valence-corrected chi connectivity index (χ3v) is 3.72. The molecular formula is C12H20O2. The standard InChI is InChI=1S/C12H20O2/c1-9(2)14-11-8-10(13)12(11)6-4-3-5-7-12/h9,11H,3-8H2,1-2H3. The van der Waals surface area contributed by atoms with Gasteiger partial charge in [0, 0.05) is 6.42 Å². The van der Waals surface area contributed by atoms with Gasteiger partial charge in [0.05, 0.1) is 17.6 Å². The average molecular weight is 196 g/mol. The second kappa shape index (κ2) is 3.65. The van der Waals surface area contributed by atoms with Gasteiger partial charge in [-0.3, -0.25) is 4.79 Å². The lowest BCUT2D eigenvalue weighted by atomic mass is 9.57. The molecule has 0 aromatic heterocycles. The molecule has 2 rings (SSSR count). The van der Waals surface area contributed by atoms with Crippen molar-refractivity contribution in [3.63, 3.8) is 0 Å². The molecule has 80 valence electrons. The molecule has 0 amide bonds. The Morgan fingerprint density at radius 3 is 2.43 bits per heavy atom. The molecule has 2 saturated carbocycles. The molecule has 14 heavy (non-hydrogen) atoms. The zero-order valence-corrected chi connectivity index (χ0v) is 9.21. The van der Waals surface area contributed by atoms with Crippen LogP contribution in [0, 0.1) is 5.41 Å². The molecule has 1 spiro atoms. The number of carbonyl (C=O) groups is 1. The van der Waals surface area contributed by atoms with Crippen LogP contribution in [-0.2, 0) is 9.53 Å². The van der Waals surface area contributed by atoms with E-state index in [1.54, 1.807) is 0 Å². The Morgan fingerprint density at radius 1 is 1.29 bits per heavy atom. The highest BCUT2D eigenvalue weighted by molar-refractivity contribution is 5.92. The van der Waals surface area contributed by atoms with Gasteiger partial charge in [0.1, 0.15) is 5.78 Å². The number of ether oxygens (including phenoxy) is 1. The summed E-state index contributed by atoms with van der Waals surface area (Å²) < 4.78 is 5.83. The normalized spacial score (nSPS) is 30.8. The van der Waals surface area contributed by atoms with E-state index in [0.29, 0.717) is 12.2 Å². The van der Waals surface area contributed by atoms with Gasteiger partial charge in [-0.15, -0.1) is 0 Å². The number of Topliss-reactive ketones (excluding diaryl/α,β-unsaturated/α-hetero) is 1. The number of hydrogen-bond donors (Lipinski definition) is 0. The fourth-order valence-corrected chi connectivity index (χ4v) is 2.91. The summed E-state index contributed by atoms with van der Waals surface area (Å²) >= 11 is 0. The summed E-state index contributed by atoms with van der Waals surface area (Å²) in [6, 6.07) is 0. The van der Waals surface area contributed by atoms with E-state index in [1.165, 1.54) is 19.3 Å². The summed E-state index contributed by atoms with van der Waals surface area (Å²) in [7, 11) is 0. The van der Waals surface area contributed by atoms with Gasteiger partial charge < -0.3 is 4.74 Å². The van der Waals surface area contributed by atoms with E-state index in [1.807, 2.05) is 0 Å². The van der Waals surface area contributed by atoms with Crippen LogP contribution in [0.1, 0.15) is 52.4 Å². The summed E-state index contributed by atoms with van der Waals surface area (Å²) in [5.41, 5.74) is -0.0531. The quantitative estimate of drug-likeness (QED) is 0.678. The molecule has 2 heteroatoms. The third kappa shape index (κ3) is 1.50. The maximum absolute atomic E-state index is 11.7. The summed E-state index contributed by atoms with van der Waals surface area (Å²) in [6.45, 7) is 4.11. The smallest absolute Gasteiger partial charge is 0.144 e. The molecule has 0 aliphatic heterocycles. The summed E-state index contributed by atoms with van der Waals surface area (Å²) in [5, 5.41) is 0. The van der Waals surface area contributed by atoms with Crippen LogP contribution in [0.3, 0.4) is 0 Å². The molecule has 0 radical (unpaired) electrons. The fourth-order valence-electron chi connectivity index (χ4n) is 2.91. The van der Waals surface area contributed by atoms with Crippen molar-refractivity contribution in [2.75, 3.05) is 0 Å². The lowest BCUT2D eigenvalue weighted by molar-refractivity contribution is -0.175. The molecule has 0 saturated heterocycles. The number of ketones is 1. The Hall–Kier alpha value is -0.370. The van der Waals surface area contributed by atoms with Crippen LogP contribution in [0.15, 0.2) is 0 Å². The van der Waals surface area contributed by atoms with Crippen molar-refractivity contribution in [1.82, 2.24) is 0 Å². The maximum atomic E-state index is 11.7. The second-order valence-electron chi connectivity index (χ2n) is 5.02. The van der Waals surface area contributed by atoms with Crippen LogP contribution in [-0.4, -0.2) is 18.0 Å². The van der Waals surface area contributed by atoms with Crippen LogP contribution in [0.5, 0.6) is 0 Å². The lowest BCUT2D eigenvalue weighted by Gasteiger charge is -2.50. The first-order valence-corrected chi connectivity index (χ1v) is 5.84. The summed E-state index contributed by atoms with van der Waals surface area (Å²) in [6.07, 6.45) is 7.02. The fraction of sp³-hybridized carbons (Fsp3) is 0.917. The Morgan fingerprint density at radius 2 is 1.93 bits per heavy atom. The van der Waals surface area contributed by atoms with Crippen molar-refractivity contribution in [3.8, 4) is 0 Å². The second-order valence-corrected chi connectivity index (χ2v) is 5.02. The third-order valence-electron chi connectivity index (χ3n) is 3.72. The highest BCUT2D eigenvalue weighted by Gasteiger charge is 2.55. The number of hydrogen-bond acceptors (Lipinski definition) is 2. The van der Waals surface area contributed by atoms with E-state index in [9.17, 15) is 4.79 Å². The van der Waals surface area contributed by atoms with Crippen LogP contribution in [0.2, 0.25) is 0 Å². The molecule has 0 bridgehead atoms. The lowest BCUT2D eigenvalue weighted by Crippen LogP contribution is -2.56.